The fourth-order valence-corrected chi connectivity index (χ4v) is 2.50. The molecule has 0 spiro atoms. The van der Waals surface area contributed by atoms with Crippen LogP contribution in [-0.4, -0.2) is 29.0 Å². The maximum absolute atomic E-state index is 11.3. The van der Waals surface area contributed by atoms with E-state index in [-0.39, 0.29) is 11.8 Å². The molecule has 2 heterocycles. The molecule has 1 unspecified atom stereocenters. The van der Waals surface area contributed by atoms with E-state index in [0.717, 1.165) is 30.8 Å². The van der Waals surface area contributed by atoms with Crippen molar-refractivity contribution in [3.63, 3.8) is 0 Å². The van der Waals surface area contributed by atoms with E-state index in [1.54, 1.807) is 0 Å². The van der Waals surface area contributed by atoms with E-state index < -0.39 is 0 Å². The lowest BCUT2D eigenvalue weighted by Gasteiger charge is -2.33. The topological polar surface area (TPSA) is 72.1 Å². The number of hydrogen-bond acceptors (Lipinski definition) is 4. The van der Waals surface area contributed by atoms with Crippen LogP contribution in [-0.2, 0) is 4.79 Å². The number of rotatable bonds is 2. The van der Waals surface area contributed by atoms with E-state index in [0.29, 0.717) is 17.5 Å². The number of aryl methyl sites for hydroxylation is 1. The van der Waals surface area contributed by atoms with Crippen LogP contribution < -0.4 is 10.6 Å². The van der Waals surface area contributed by atoms with Crippen LogP contribution in [0.4, 0.5) is 5.82 Å². The number of hydrogen-bond donors (Lipinski definition) is 1. The van der Waals surface area contributed by atoms with Gasteiger partial charge in [-0.1, -0.05) is 11.6 Å². The van der Waals surface area contributed by atoms with Gasteiger partial charge in [0.05, 0.1) is 5.92 Å². The fourth-order valence-electron chi connectivity index (χ4n) is 2.29. The first-order chi connectivity index (χ1) is 8.49. The minimum absolute atomic E-state index is 0.104. The third-order valence-corrected chi connectivity index (χ3v) is 3.66. The van der Waals surface area contributed by atoms with Gasteiger partial charge >= 0.3 is 0 Å². The predicted molar refractivity (Wildman–Crippen MR) is 70.6 cm³/mol. The smallest absolute Gasteiger partial charge is 0.222 e. The van der Waals surface area contributed by atoms with Crippen LogP contribution in [0.3, 0.4) is 0 Å². The Hall–Kier alpha value is -1.36. The summed E-state index contributed by atoms with van der Waals surface area (Å²) in [4.78, 5) is 21.9. The molecule has 2 N–H and O–H groups in total. The molecule has 5 nitrogen and oxygen atoms in total. The standard InChI is InChI=1S/C12H17ClN4O/c1-7-10(13)15-8(2)16-12(7)17-5-3-4-9(6-17)11(14)18/h9H,3-6H2,1-2H3,(H2,14,18). The maximum atomic E-state index is 11.3. The number of anilines is 1. The molecule has 1 aliphatic rings. The first kappa shape index (κ1) is 13.1. The second-order valence-electron chi connectivity index (χ2n) is 4.70. The van der Waals surface area contributed by atoms with Gasteiger partial charge in [-0.25, -0.2) is 9.97 Å². The second-order valence-corrected chi connectivity index (χ2v) is 5.06. The van der Waals surface area contributed by atoms with Gasteiger partial charge in [0.15, 0.2) is 0 Å². The average Bonchev–Trinajstić information content (AvgIpc) is 2.34. The molecule has 1 fully saturated rings. The zero-order chi connectivity index (χ0) is 13.3. The Kier molecular flexibility index (Phi) is 3.71. The summed E-state index contributed by atoms with van der Waals surface area (Å²) in [6.45, 7) is 5.19. The van der Waals surface area contributed by atoms with E-state index in [9.17, 15) is 4.79 Å². The summed E-state index contributed by atoms with van der Waals surface area (Å²) >= 11 is 6.07. The van der Waals surface area contributed by atoms with Crippen LogP contribution in [0.5, 0.6) is 0 Å². The molecular formula is C12H17ClN4O. The highest BCUT2D eigenvalue weighted by molar-refractivity contribution is 6.30. The quantitative estimate of drug-likeness (QED) is 0.824. The van der Waals surface area contributed by atoms with E-state index in [2.05, 4.69) is 14.9 Å². The number of carbonyl (C=O) groups excluding carboxylic acids is 1. The lowest BCUT2D eigenvalue weighted by atomic mass is 9.97. The molecule has 0 aromatic carbocycles. The van der Waals surface area contributed by atoms with Crippen molar-refractivity contribution in [2.45, 2.75) is 26.7 Å². The highest BCUT2D eigenvalue weighted by atomic mass is 35.5. The van der Waals surface area contributed by atoms with E-state index in [1.807, 2.05) is 13.8 Å². The minimum Gasteiger partial charge on any atom is -0.369 e. The van der Waals surface area contributed by atoms with Gasteiger partial charge in [-0.15, -0.1) is 0 Å². The van der Waals surface area contributed by atoms with Crippen molar-refractivity contribution in [3.05, 3.63) is 16.5 Å². The number of primary amides is 1. The average molecular weight is 269 g/mol. The Bertz CT molecular complexity index is 477. The Morgan fingerprint density at radius 1 is 1.44 bits per heavy atom. The van der Waals surface area contributed by atoms with Gasteiger partial charge in [-0.05, 0) is 26.7 Å². The number of piperidine rings is 1. The molecule has 1 aromatic heterocycles. The maximum Gasteiger partial charge on any atom is 0.222 e. The molecule has 1 atom stereocenters. The Morgan fingerprint density at radius 2 is 2.17 bits per heavy atom. The highest BCUT2D eigenvalue weighted by Crippen LogP contribution is 2.27. The van der Waals surface area contributed by atoms with Gasteiger partial charge in [-0.2, -0.15) is 0 Å². The largest absolute Gasteiger partial charge is 0.369 e. The van der Waals surface area contributed by atoms with Crippen molar-refractivity contribution in [2.75, 3.05) is 18.0 Å². The first-order valence-corrected chi connectivity index (χ1v) is 6.42. The lowest BCUT2D eigenvalue weighted by molar-refractivity contribution is -0.122. The van der Waals surface area contributed by atoms with E-state index >= 15 is 0 Å². The van der Waals surface area contributed by atoms with Crippen molar-refractivity contribution < 1.29 is 4.79 Å². The van der Waals surface area contributed by atoms with Gasteiger partial charge < -0.3 is 10.6 Å². The number of nitrogens with zero attached hydrogens (tertiary/aromatic N) is 3. The molecule has 6 heteroatoms. The molecule has 2 rings (SSSR count). The summed E-state index contributed by atoms with van der Waals surface area (Å²) in [6, 6.07) is 0. The molecule has 0 bridgehead atoms. The molecule has 98 valence electrons. The van der Waals surface area contributed by atoms with Crippen LogP contribution in [0.2, 0.25) is 5.15 Å². The minimum atomic E-state index is -0.241. The van der Waals surface area contributed by atoms with Gasteiger partial charge in [0, 0.05) is 18.7 Å². The van der Waals surface area contributed by atoms with Crippen molar-refractivity contribution in [2.24, 2.45) is 11.7 Å². The molecular weight excluding hydrogens is 252 g/mol. The third-order valence-electron chi connectivity index (χ3n) is 3.30. The molecule has 1 aliphatic heterocycles. The summed E-state index contributed by atoms with van der Waals surface area (Å²) in [6.07, 6.45) is 1.79. The van der Waals surface area contributed by atoms with Crippen LogP contribution in [0.15, 0.2) is 0 Å². The number of nitrogens with two attached hydrogens (primary N) is 1. The number of carbonyl (C=O) groups is 1. The SMILES string of the molecule is Cc1nc(Cl)c(C)c(N2CCCC(C(N)=O)C2)n1. The molecule has 1 saturated heterocycles. The predicted octanol–water partition coefficient (Wildman–Crippen LogP) is 1.45. The normalized spacial score (nSPS) is 19.9. The third kappa shape index (κ3) is 2.56. The molecule has 0 saturated carbocycles. The summed E-state index contributed by atoms with van der Waals surface area (Å²) in [5.74, 6) is 1.11. The van der Waals surface area contributed by atoms with E-state index in [4.69, 9.17) is 17.3 Å². The molecule has 0 aliphatic carbocycles. The summed E-state index contributed by atoms with van der Waals surface area (Å²) in [7, 11) is 0. The molecule has 1 aromatic rings. The summed E-state index contributed by atoms with van der Waals surface area (Å²) < 4.78 is 0. The lowest BCUT2D eigenvalue weighted by Crippen LogP contribution is -2.42. The van der Waals surface area contributed by atoms with Crippen molar-refractivity contribution >= 4 is 23.3 Å². The second kappa shape index (κ2) is 5.10. The van der Waals surface area contributed by atoms with Gasteiger partial charge in [-0.3, -0.25) is 4.79 Å². The Balaban J connectivity index is 2.28. The van der Waals surface area contributed by atoms with Gasteiger partial charge in [0.1, 0.15) is 16.8 Å². The van der Waals surface area contributed by atoms with Crippen molar-refractivity contribution in [1.82, 2.24) is 9.97 Å². The monoisotopic (exact) mass is 268 g/mol. The van der Waals surface area contributed by atoms with Crippen molar-refractivity contribution in [1.29, 1.82) is 0 Å². The zero-order valence-electron chi connectivity index (χ0n) is 10.6. The highest BCUT2D eigenvalue weighted by Gasteiger charge is 2.26. The fraction of sp³-hybridized carbons (Fsp3) is 0.583. The van der Waals surface area contributed by atoms with Crippen LogP contribution >= 0.6 is 11.6 Å². The van der Waals surface area contributed by atoms with E-state index in [1.165, 1.54) is 0 Å². The molecule has 18 heavy (non-hydrogen) atoms. The number of halogens is 1. The van der Waals surface area contributed by atoms with Crippen LogP contribution in [0.1, 0.15) is 24.2 Å². The van der Waals surface area contributed by atoms with Gasteiger partial charge in [0.2, 0.25) is 5.91 Å². The molecule has 0 radical (unpaired) electrons. The number of amides is 1. The summed E-state index contributed by atoms with van der Waals surface area (Å²) in [5, 5.41) is 0.471. The zero-order valence-corrected chi connectivity index (χ0v) is 11.4. The number of aromatic nitrogens is 2. The molecule has 1 amide bonds. The Labute approximate surface area is 111 Å². The van der Waals surface area contributed by atoms with Gasteiger partial charge in [0.25, 0.3) is 0 Å². The van der Waals surface area contributed by atoms with Crippen LogP contribution in [0, 0.1) is 19.8 Å². The van der Waals surface area contributed by atoms with Crippen molar-refractivity contribution in [3.8, 4) is 0 Å². The Morgan fingerprint density at radius 3 is 2.83 bits per heavy atom. The van der Waals surface area contributed by atoms with Crippen LogP contribution in [0.25, 0.3) is 0 Å². The summed E-state index contributed by atoms with van der Waals surface area (Å²) in [5.41, 5.74) is 6.23. The first-order valence-electron chi connectivity index (χ1n) is 6.04.